The lowest BCUT2D eigenvalue weighted by atomic mass is 9.79. The number of piperidine rings is 1. The second-order valence-electron chi connectivity index (χ2n) is 7.39. The molecule has 1 aliphatic heterocycles. The number of hydrogen-bond acceptors (Lipinski definition) is 4. The summed E-state index contributed by atoms with van der Waals surface area (Å²) in [5, 5.41) is -4.59. The number of halogens is 2. The van der Waals surface area contributed by atoms with Crippen molar-refractivity contribution in [1.29, 1.82) is 0 Å². The van der Waals surface area contributed by atoms with Crippen LogP contribution in [0.1, 0.15) is 65.2 Å². The third-order valence-electron chi connectivity index (χ3n) is 5.84. The predicted octanol–water partition coefficient (Wildman–Crippen LogP) is 3.05. The zero-order valence-electron chi connectivity index (χ0n) is 15.3. The minimum Gasteiger partial charge on any atom is -0.285 e. The Hall–Kier alpha value is -0.320. The van der Waals surface area contributed by atoms with Crippen LogP contribution >= 0.6 is 0 Å². The van der Waals surface area contributed by atoms with E-state index in [-0.39, 0.29) is 18.5 Å². The summed E-state index contributed by atoms with van der Waals surface area (Å²) in [5.74, 6) is -3.89. The molecule has 0 bridgehead atoms. The lowest BCUT2D eigenvalue weighted by Gasteiger charge is -2.45. The largest absolute Gasteiger partial charge is 0.285 e. The standard InChI is InChI=1S/C16H29F2NO5S2/c1-3-14(16(17,18)15(4-2)26(22,23)24)25(20,21)19-11-7-9-12-8-5-6-10-13(12)19/h12-15H,3-11H2,1-2H3,(H,22,23,24). The van der Waals surface area contributed by atoms with Crippen LogP contribution in [0.4, 0.5) is 8.78 Å². The lowest BCUT2D eigenvalue weighted by Crippen LogP contribution is -2.58. The maximum Gasteiger partial charge on any atom is 0.284 e. The fourth-order valence-corrected chi connectivity index (χ4v) is 8.05. The van der Waals surface area contributed by atoms with E-state index in [2.05, 4.69) is 0 Å². The molecule has 0 amide bonds. The maximum atomic E-state index is 15.0. The molecule has 154 valence electrons. The first kappa shape index (κ1) is 22.0. The van der Waals surface area contributed by atoms with Gasteiger partial charge in [0.05, 0.1) is 0 Å². The summed E-state index contributed by atoms with van der Waals surface area (Å²) in [6, 6.07) is -0.279. The molecule has 2 aliphatic rings. The molecule has 2 rings (SSSR count). The van der Waals surface area contributed by atoms with Gasteiger partial charge in [-0.15, -0.1) is 0 Å². The smallest absolute Gasteiger partial charge is 0.284 e. The van der Waals surface area contributed by atoms with Gasteiger partial charge in [0.15, 0.2) is 5.25 Å². The van der Waals surface area contributed by atoms with E-state index in [0.29, 0.717) is 12.8 Å². The van der Waals surface area contributed by atoms with Gasteiger partial charge < -0.3 is 0 Å². The normalized spacial score (nSPS) is 28.3. The molecule has 1 saturated carbocycles. The Morgan fingerprint density at radius 2 is 1.54 bits per heavy atom. The van der Waals surface area contributed by atoms with Gasteiger partial charge in [-0.05, 0) is 44.4 Å². The van der Waals surface area contributed by atoms with E-state index in [9.17, 15) is 30.2 Å². The number of sulfonamides is 1. The Kier molecular flexibility index (Phi) is 6.73. The molecule has 26 heavy (non-hydrogen) atoms. The van der Waals surface area contributed by atoms with Crippen molar-refractivity contribution in [3.8, 4) is 0 Å². The van der Waals surface area contributed by atoms with Crippen LogP contribution in [0.15, 0.2) is 0 Å². The van der Waals surface area contributed by atoms with Crippen molar-refractivity contribution in [3.05, 3.63) is 0 Å². The molecular weight excluding hydrogens is 388 g/mol. The van der Waals surface area contributed by atoms with Gasteiger partial charge in [0.2, 0.25) is 10.0 Å². The SMILES string of the molecule is CCC(C(F)(F)C(CC)S(=O)(=O)N1CCCC2CCCCC21)S(=O)(=O)O. The van der Waals surface area contributed by atoms with E-state index >= 15 is 0 Å². The van der Waals surface area contributed by atoms with Gasteiger partial charge in [-0.3, -0.25) is 4.55 Å². The first-order valence-electron chi connectivity index (χ1n) is 9.32. The van der Waals surface area contributed by atoms with Crippen molar-refractivity contribution < 1.29 is 30.2 Å². The van der Waals surface area contributed by atoms with Crippen LogP contribution in [0.2, 0.25) is 0 Å². The Morgan fingerprint density at radius 3 is 2.08 bits per heavy atom. The van der Waals surface area contributed by atoms with Crippen molar-refractivity contribution in [2.24, 2.45) is 5.92 Å². The summed E-state index contributed by atoms with van der Waals surface area (Å²) in [4.78, 5) is 0. The van der Waals surface area contributed by atoms with Gasteiger partial charge in [-0.2, -0.15) is 12.7 Å². The Balaban J connectivity index is 2.40. The topological polar surface area (TPSA) is 91.8 Å². The van der Waals surface area contributed by atoms with E-state index < -0.39 is 49.4 Å². The Labute approximate surface area is 155 Å². The molecule has 2 fully saturated rings. The molecule has 10 heteroatoms. The van der Waals surface area contributed by atoms with Gasteiger partial charge in [0.1, 0.15) is 5.25 Å². The highest BCUT2D eigenvalue weighted by atomic mass is 32.2. The van der Waals surface area contributed by atoms with E-state index in [1.54, 1.807) is 0 Å². The second kappa shape index (κ2) is 7.97. The maximum absolute atomic E-state index is 15.0. The van der Waals surface area contributed by atoms with E-state index in [1.165, 1.54) is 18.2 Å². The van der Waals surface area contributed by atoms with E-state index in [0.717, 1.165) is 25.7 Å². The van der Waals surface area contributed by atoms with Crippen molar-refractivity contribution in [2.45, 2.75) is 87.7 Å². The van der Waals surface area contributed by atoms with Crippen LogP contribution in [0.3, 0.4) is 0 Å². The molecule has 0 spiro atoms. The fraction of sp³-hybridized carbons (Fsp3) is 1.00. The molecule has 4 atom stereocenters. The molecule has 4 unspecified atom stereocenters. The zero-order chi connectivity index (χ0) is 19.8. The van der Waals surface area contributed by atoms with Crippen LogP contribution in [-0.2, 0) is 20.1 Å². The first-order valence-corrected chi connectivity index (χ1v) is 12.3. The van der Waals surface area contributed by atoms with Crippen LogP contribution in [0.25, 0.3) is 0 Å². The second-order valence-corrected chi connectivity index (χ2v) is 11.1. The van der Waals surface area contributed by atoms with Crippen molar-refractivity contribution in [3.63, 3.8) is 0 Å². The lowest BCUT2D eigenvalue weighted by molar-refractivity contribution is -0.0141. The zero-order valence-corrected chi connectivity index (χ0v) is 16.9. The van der Waals surface area contributed by atoms with Gasteiger partial charge >= 0.3 is 0 Å². The third-order valence-corrected chi connectivity index (χ3v) is 9.68. The number of fused-ring (bicyclic) bond motifs is 1. The highest BCUT2D eigenvalue weighted by molar-refractivity contribution is 7.90. The molecule has 1 N–H and O–H groups in total. The first-order chi connectivity index (χ1) is 12.0. The highest BCUT2D eigenvalue weighted by Gasteiger charge is 2.58. The van der Waals surface area contributed by atoms with E-state index in [1.807, 2.05) is 0 Å². The minimum atomic E-state index is -5.08. The molecule has 0 radical (unpaired) electrons. The summed E-state index contributed by atoms with van der Waals surface area (Å²) >= 11 is 0. The molecule has 1 heterocycles. The van der Waals surface area contributed by atoms with Crippen LogP contribution in [-0.4, -0.2) is 54.7 Å². The summed E-state index contributed by atoms with van der Waals surface area (Å²) < 4.78 is 89.5. The summed E-state index contributed by atoms with van der Waals surface area (Å²) in [5.41, 5.74) is 0. The molecule has 1 aliphatic carbocycles. The van der Waals surface area contributed by atoms with Crippen LogP contribution < -0.4 is 0 Å². The number of nitrogens with zero attached hydrogens (tertiary/aromatic N) is 1. The van der Waals surface area contributed by atoms with Crippen molar-refractivity contribution in [1.82, 2.24) is 4.31 Å². The summed E-state index contributed by atoms with van der Waals surface area (Å²) in [6.45, 7) is 2.71. The molecule has 0 aromatic carbocycles. The summed E-state index contributed by atoms with van der Waals surface area (Å²) in [7, 11) is -9.48. The Bertz CT molecular complexity index is 693. The number of hydrogen-bond donors (Lipinski definition) is 1. The summed E-state index contributed by atoms with van der Waals surface area (Å²) in [6.07, 6.45) is 3.96. The van der Waals surface area contributed by atoms with Gasteiger partial charge in [0.25, 0.3) is 16.0 Å². The van der Waals surface area contributed by atoms with Gasteiger partial charge in [-0.1, -0.05) is 26.7 Å². The molecule has 1 saturated heterocycles. The average molecular weight is 418 g/mol. The molecule has 0 aromatic rings. The fourth-order valence-electron chi connectivity index (χ4n) is 4.63. The van der Waals surface area contributed by atoms with Crippen molar-refractivity contribution in [2.75, 3.05) is 6.54 Å². The molecule has 6 nitrogen and oxygen atoms in total. The predicted molar refractivity (Wildman–Crippen MR) is 95.3 cm³/mol. The average Bonchev–Trinajstić information content (AvgIpc) is 2.53. The van der Waals surface area contributed by atoms with Crippen LogP contribution in [0, 0.1) is 5.92 Å². The number of alkyl halides is 2. The Morgan fingerprint density at radius 1 is 1.00 bits per heavy atom. The van der Waals surface area contributed by atoms with Gasteiger partial charge in [-0.25, -0.2) is 17.2 Å². The van der Waals surface area contributed by atoms with Crippen LogP contribution in [0.5, 0.6) is 0 Å². The minimum absolute atomic E-state index is 0.182. The van der Waals surface area contributed by atoms with E-state index in [4.69, 9.17) is 0 Å². The third kappa shape index (κ3) is 4.07. The monoisotopic (exact) mass is 417 g/mol. The van der Waals surface area contributed by atoms with Gasteiger partial charge in [0, 0.05) is 12.6 Å². The quantitative estimate of drug-likeness (QED) is 0.643. The highest BCUT2D eigenvalue weighted by Crippen LogP contribution is 2.42. The molecule has 0 aromatic heterocycles. The number of rotatable bonds is 7. The van der Waals surface area contributed by atoms with Crippen molar-refractivity contribution >= 4 is 20.1 Å². The molecular formula is C16H29F2NO5S2.